The number of ether oxygens (including phenoxy) is 1. The molecule has 1 amide bonds. The van der Waals surface area contributed by atoms with Gasteiger partial charge in [0.25, 0.3) is 0 Å². The Morgan fingerprint density at radius 2 is 1.88 bits per heavy atom. The van der Waals surface area contributed by atoms with Gasteiger partial charge in [0.2, 0.25) is 5.91 Å². The molecule has 0 bridgehead atoms. The van der Waals surface area contributed by atoms with Gasteiger partial charge in [-0.2, -0.15) is 4.31 Å². The average Bonchev–Trinajstić information content (AvgIpc) is 2.82. The summed E-state index contributed by atoms with van der Waals surface area (Å²) in [5, 5.41) is -0.397. The zero-order valence-electron chi connectivity index (χ0n) is 19.7. The molecule has 4 rings (SSSR count). The molecule has 2 aliphatic rings. The molecule has 4 N–H and O–H groups in total. The van der Waals surface area contributed by atoms with Crippen LogP contribution in [0.15, 0.2) is 48.5 Å². The van der Waals surface area contributed by atoms with E-state index in [1.807, 2.05) is 43.3 Å². The number of hydrogen-bond donors (Lipinski definition) is 3. The van der Waals surface area contributed by atoms with Crippen molar-refractivity contribution >= 4 is 16.7 Å². The van der Waals surface area contributed by atoms with Gasteiger partial charge >= 0.3 is 0 Å². The smallest absolute Gasteiger partial charge is 0.217 e. The predicted octanol–water partition coefficient (Wildman–Crippen LogP) is 5.53. The quantitative estimate of drug-likeness (QED) is 0.474. The molecule has 2 aliphatic heterocycles. The summed E-state index contributed by atoms with van der Waals surface area (Å²) in [6.07, 6.45) is 3.70. The first-order valence-electron chi connectivity index (χ1n) is 12.0. The number of primary amides is 1. The lowest BCUT2D eigenvalue weighted by Crippen LogP contribution is -2.41. The maximum atomic E-state index is 15.4. The Labute approximate surface area is 202 Å². The van der Waals surface area contributed by atoms with Crippen molar-refractivity contribution in [3.8, 4) is 0 Å². The van der Waals surface area contributed by atoms with Crippen LogP contribution >= 0.6 is 10.8 Å². The van der Waals surface area contributed by atoms with Gasteiger partial charge < -0.3 is 10.5 Å². The summed E-state index contributed by atoms with van der Waals surface area (Å²) in [6.45, 7) is 3.21. The molecule has 8 heteroatoms. The van der Waals surface area contributed by atoms with Gasteiger partial charge in [-0.25, -0.2) is 4.39 Å². The lowest BCUT2D eigenvalue weighted by atomic mass is 9.71. The summed E-state index contributed by atoms with van der Waals surface area (Å²) >= 11 is 0. The molecule has 2 aromatic carbocycles. The van der Waals surface area contributed by atoms with Crippen molar-refractivity contribution in [3.05, 3.63) is 71.0 Å². The fraction of sp³-hybridized carbons (Fsp3) is 0.500. The van der Waals surface area contributed by atoms with Crippen LogP contribution in [0, 0.1) is 5.82 Å². The fourth-order valence-electron chi connectivity index (χ4n) is 5.37. The molecule has 2 heterocycles. The maximum absolute atomic E-state index is 15.4. The molecule has 2 saturated heterocycles. The Balaban J connectivity index is 1.58. The molecule has 0 unspecified atom stereocenters. The van der Waals surface area contributed by atoms with Crippen LogP contribution in [0.5, 0.6) is 0 Å². The number of benzene rings is 2. The Morgan fingerprint density at radius 1 is 1.18 bits per heavy atom. The predicted molar refractivity (Wildman–Crippen MR) is 133 cm³/mol. The van der Waals surface area contributed by atoms with Gasteiger partial charge in [-0.3, -0.25) is 13.9 Å². The van der Waals surface area contributed by atoms with E-state index in [0.717, 1.165) is 17.5 Å². The lowest BCUT2D eigenvalue weighted by molar-refractivity contribution is -0.118. The van der Waals surface area contributed by atoms with Crippen LogP contribution in [0.25, 0.3) is 0 Å². The SMILES string of the molecule is C[C@H]1CC[C@H](c2ccccc2)S(O)(O)N1Cc1ccc(C2(CCC(N)=O)CCOCC2)cc1F. The molecule has 6 nitrogen and oxygen atoms in total. The fourth-order valence-corrected chi connectivity index (χ4v) is 7.64. The average molecular weight is 491 g/mol. The highest BCUT2D eigenvalue weighted by molar-refractivity contribution is 8.22. The van der Waals surface area contributed by atoms with Gasteiger partial charge in [0.1, 0.15) is 5.82 Å². The second-order valence-corrected chi connectivity index (χ2v) is 11.8. The Kier molecular flexibility index (Phi) is 7.64. The van der Waals surface area contributed by atoms with Crippen molar-refractivity contribution in [2.45, 2.75) is 68.7 Å². The molecule has 0 aliphatic carbocycles. The Bertz CT molecular complexity index is 998. The van der Waals surface area contributed by atoms with E-state index in [1.54, 1.807) is 16.4 Å². The molecular weight excluding hydrogens is 455 g/mol. The molecule has 0 saturated carbocycles. The van der Waals surface area contributed by atoms with E-state index in [1.165, 1.54) is 0 Å². The van der Waals surface area contributed by atoms with Gasteiger partial charge in [0, 0.05) is 43.2 Å². The van der Waals surface area contributed by atoms with Crippen molar-refractivity contribution in [2.75, 3.05) is 13.2 Å². The molecule has 34 heavy (non-hydrogen) atoms. The van der Waals surface area contributed by atoms with E-state index in [-0.39, 0.29) is 36.1 Å². The number of nitrogens with zero attached hydrogens (tertiary/aromatic N) is 1. The summed E-state index contributed by atoms with van der Waals surface area (Å²) in [5.74, 6) is -0.730. The van der Waals surface area contributed by atoms with Crippen LogP contribution in [0.4, 0.5) is 4.39 Å². The monoisotopic (exact) mass is 490 g/mol. The zero-order chi connectivity index (χ0) is 24.3. The van der Waals surface area contributed by atoms with Crippen LogP contribution in [0.2, 0.25) is 0 Å². The minimum atomic E-state index is -3.14. The highest BCUT2D eigenvalue weighted by atomic mass is 32.3. The summed E-state index contributed by atoms with van der Waals surface area (Å²) in [5.41, 5.74) is 7.23. The van der Waals surface area contributed by atoms with Crippen LogP contribution in [0.3, 0.4) is 0 Å². The Hall–Kier alpha value is -1.97. The maximum Gasteiger partial charge on any atom is 0.217 e. The minimum Gasteiger partial charge on any atom is -0.381 e. The highest BCUT2D eigenvalue weighted by Crippen LogP contribution is 2.63. The molecule has 186 valence electrons. The van der Waals surface area contributed by atoms with Crippen LogP contribution < -0.4 is 5.73 Å². The standard InChI is InChI=1S/C26H35FN2O4S/c1-19-7-10-24(20-5-3-2-4-6-20)34(31,32)29(19)18-21-8-9-22(17-23(21)27)26(12-11-25(28)30)13-15-33-16-14-26/h2-6,8-9,17,19,24,31-32H,7,10-16,18H2,1H3,(H2,28,30)/t19-,24+/m0/s1. The number of halogens is 1. The number of nitrogens with two attached hydrogens (primary N) is 1. The van der Waals surface area contributed by atoms with E-state index in [2.05, 4.69) is 0 Å². The molecule has 2 fully saturated rings. The van der Waals surface area contributed by atoms with Crippen molar-refractivity contribution in [2.24, 2.45) is 5.73 Å². The van der Waals surface area contributed by atoms with E-state index >= 15 is 4.39 Å². The molecule has 2 aromatic rings. The molecule has 0 spiro atoms. The third-order valence-electron chi connectivity index (χ3n) is 7.53. The van der Waals surface area contributed by atoms with Gasteiger partial charge in [-0.1, -0.05) is 42.5 Å². The van der Waals surface area contributed by atoms with Crippen LogP contribution in [-0.2, 0) is 21.5 Å². The Morgan fingerprint density at radius 3 is 2.53 bits per heavy atom. The largest absolute Gasteiger partial charge is 0.381 e. The summed E-state index contributed by atoms with van der Waals surface area (Å²) in [7, 11) is -3.14. The number of hydrogen-bond acceptors (Lipinski definition) is 5. The van der Waals surface area contributed by atoms with Gasteiger partial charge in [-0.05, 0) is 56.2 Å². The van der Waals surface area contributed by atoms with E-state index < -0.39 is 16.0 Å². The number of rotatable bonds is 7. The number of carbonyl (C=O) groups excluding carboxylic acids is 1. The number of amides is 1. The number of carbonyl (C=O) groups is 1. The van der Waals surface area contributed by atoms with Crippen molar-refractivity contribution < 1.29 is 23.0 Å². The van der Waals surface area contributed by atoms with Crippen molar-refractivity contribution in [3.63, 3.8) is 0 Å². The van der Waals surface area contributed by atoms with E-state index in [0.29, 0.717) is 44.5 Å². The normalized spacial score (nSPS) is 25.5. The third-order valence-corrected chi connectivity index (χ3v) is 9.98. The topological polar surface area (TPSA) is 96.0 Å². The van der Waals surface area contributed by atoms with Crippen LogP contribution in [-0.4, -0.2) is 38.6 Å². The summed E-state index contributed by atoms with van der Waals surface area (Å²) in [4.78, 5) is 11.4. The van der Waals surface area contributed by atoms with Gasteiger partial charge in [0.15, 0.2) is 0 Å². The van der Waals surface area contributed by atoms with E-state index in [4.69, 9.17) is 10.5 Å². The zero-order valence-corrected chi connectivity index (χ0v) is 20.5. The highest BCUT2D eigenvalue weighted by Gasteiger charge is 2.41. The first kappa shape index (κ1) is 25.1. The lowest BCUT2D eigenvalue weighted by Gasteiger charge is -2.54. The summed E-state index contributed by atoms with van der Waals surface area (Å²) in [6, 6.07) is 14.7. The minimum absolute atomic E-state index is 0.0820. The van der Waals surface area contributed by atoms with Gasteiger partial charge in [-0.15, -0.1) is 10.8 Å². The van der Waals surface area contributed by atoms with Crippen molar-refractivity contribution in [1.82, 2.24) is 4.31 Å². The second-order valence-electron chi connectivity index (χ2n) is 9.63. The molecule has 0 radical (unpaired) electrons. The van der Waals surface area contributed by atoms with Crippen LogP contribution in [0.1, 0.15) is 67.4 Å². The molecule has 0 aromatic heterocycles. The molecule has 2 atom stereocenters. The third kappa shape index (κ3) is 5.16. The molecular formula is C26H35FN2O4S. The second kappa shape index (κ2) is 10.3. The first-order valence-corrected chi connectivity index (χ1v) is 13.5. The first-order chi connectivity index (χ1) is 16.2. The van der Waals surface area contributed by atoms with Gasteiger partial charge in [0.05, 0.1) is 5.25 Å². The van der Waals surface area contributed by atoms with Crippen molar-refractivity contribution in [1.29, 1.82) is 0 Å². The van der Waals surface area contributed by atoms with E-state index in [9.17, 15) is 13.9 Å². The summed E-state index contributed by atoms with van der Waals surface area (Å²) < 4.78 is 45.2.